The third-order valence-corrected chi connectivity index (χ3v) is 2.54. The molecule has 0 aromatic rings. The fraction of sp³-hybridized carbons (Fsp3) is 0.462. The summed E-state index contributed by atoms with van der Waals surface area (Å²) < 4.78 is 0. The molecule has 1 aliphatic rings. The lowest BCUT2D eigenvalue weighted by atomic mass is 9.74. The average Bonchev–Trinajstić information content (AvgIpc) is 2.01. The Labute approximate surface area is 86.2 Å². The number of aldehydes is 1. The summed E-state index contributed by atoms with van der Waals surface area (Å²) in [7, 11) is 0. The molecule has 0 heterocycles. The van der Waals surface area contributed by atoms with Gasteiger partial charge in [-0.1, -0.05) is 32.1 Å². The van der Waals surface area contributed by atoms with E-state index in [2.05, 4.69) is 26.5 Å². The molecule has 0 radical (unpaired) electrons. The third kappa shape index (κ3) is 2.69. The Hall–Kier alpha value is -1.11. The van der Waals surface area contributed by atoms with E-state index in [1.165, 1.54) is 5.57 Å². The standard InChI is InChI=1S/C13H18O/c1-10(2)12-7-11(5-6-14)8-13(3,4)9-12/h5-7H,1,8-9H2,2-4H3/b11-5-. The number of hydrogen-bond acceptors (Lipinski definition) is 1. The van der Waals surface area contributed by atoms with Crippen LogP contribution >= 0.6 is 0 Å². The summed E-state index contributed by atoms with van der Waals surface area (Å²) in [6.07, 6.45) is 6.65. The van der Waals surface area contributed by atoms with Crippen LogP contribution < -0.4 is 0 Å². The van der Waals surface area contributed by atoms with Gasteiger partial charge >= 0.3 is 0 Å². The van der Waals surface area contributed by atoms with Crippen LogP contribution in [0.4, 0.5) is 0 Å². The maximum atomic E-state index is 10.4. The zero-order chi connectivity index (χ0) is 10.8. The van der Waals surface area contributed by atoms with Gasteiger partial charge < -0.3 is 0 Å². The fourth-order valence-corrected chi connectivity index (χ4v) is 1.93. The van der Waals surface area contributed by atoms with Gasteiger partial charge in [0.1, 0.15) is 6.29 Å². The van der Waals surface area contributed by atoms with Crippen LogP contribution in [0, 0.1) is 5.41 Å². The maximum Gasteiger partial charge on any atom is 0.143 e. The van der Waals surface area contributed by atoms with Crippen molar-refractivity contribution in [3.8, 4) is 0 Å². The minimum Gasteiger partial charge on any atom is -0.299 e. The minimum absolute atomic E-state index is 0.248. The number of allylic oxidation sites excluding steroid dienone is 5. The van der Waals surface area contributed by atoms with E-state index in [4.69, 9.17) is 0 Å². The first-order valence-electron chi connectivity index (χ1n) is 4.95. The summed E-state index contributed by atoms with van der Waals surface area (Å²) >= 11 is 0. The molecule has 76 valence electrons. The Morgan fingerprint density at radius 2 is 2.14 bits per heavy atom. The predicted octanol–water partition coefficient (Wildman–Crippen LogP) is 3.43. The Morgan fingerprint density at radius 3 is 2.64 bits per heavy atom. The van der Waals surface area contributed by atoms with Crippen LogP contribution in [-0.2, 0) is 4.79 Å². The highest BCUT2D eigenvalue weighted by Crippen LogP contribution is 2.39. The molecule has 0 aromatic heterocycles. The molecule has 0 saturated heterocycles. The average molecular weight is 190 g/mol. The molecule has 0 amide bonds. The smallest absolute Gasteiger partial charge is 0.143 e. The van der Waals surface area contributed by atoms with Crippen molar-refractivity contribution < 1.29 is 4.79 Å². The molecular weight excluding hydrogens is 172 g/mol. The van der Waals surface area contributed by atoms with Gasteiger partial charge in [-0.25, -0.2) is 0 Å². The molecular formula is C13H18O. The van der Waals surface area contributed by atoms with Gasteiger partial charge in [0.2, 0.25) is 0 Å². The largest absolute Gasteiger partial charge is 0.299 e. The topological polar surface area (TPSA) is 17.1 Å². The summed E-state index contributed by atoms with van der Waals surface area (Å²) in [5, 5.41) is 0. The molecule has 0 saturated carbocycles. The molecule has 0 spiro atoms. The van der Waals surface area contributed by atoms with Gasteiger partial charge in [0.15, 0.2) is 0 Å². The number of hydrogen-bond donors (Lipinski definition) is 0. The highest BCUT2D eigenvalue weighted by molar-refractivity contribution is 5.67. The lowest BCUT2D eigenvalue weighted by molar-refractivity contribution is -0.104. The molecule has 1 rings (SSSR count). The van der Waals surface area contributed by atoms with Crippen molar-refractivity contribution >= 4 is 6.29 Å². The molecule has 0 N–H and O–H groups in total. The Balaban J connectivity index is 3.03. The molecule has 0 aliphatic heterocycles. The Morgan fingerprint density at radius 1 is 1.50 bits per heavy atom. The van der Waals surface area contributed by atoms with E-state index < -0.39 is 0 Å². The summed E-state index contributed by atoms with van der Waals surface area (Å²) in [5.74, 6) is 0. The molecule has 0 bridgehead atoms. The lowest BCUT2D eigenvalue weighted by Gasteiger charge is -2.31. The first-order chi connectivity index (χ1) is 6.44. The van der Waals surface area contributed by atoms with Gasteiger partial charge in [0.25, 0.3) is 0 Å². The van der Waals surface area contributed by atoms with Crippen molar-refractivity contribution in [2.45, 2.75) is 33.6 Å². The number of carbonyl (C=O) groups is 1. The van der Waals surface area contributed by atoms with E-state index in [-0.39, 0.29) is 5.41 Å². The van der Waals surface area contributed by atoms with E-state index in [0.29, 0.717) is 0 Å². The van der Waals surface area contributed by atoms with Crippen molar-refractivity contribution in [2.75, 3.05) is 0 Å². The van der Waals surface area contributed by atoms with Gasteiger partial charge in [0.05, 0.1) is 0 Å². The zero-order valence-corrected chi connectivity index (χ0v) is 9.26. The van der Waals surface area contributed by atoms with Crippen molar-refractivity contribution in [3.63, 3.8) is 0 Å². The second-order valence-corrected chi connectivity index (χ2v) is 4.85. The van der Waals surface area contributed by atoms with Crippen LogP contribution in [0.2, 0.25) is 0 Å². The summed E-state index contributed by atoms with van der Waals surface area (Å²) in [6, 6.07) is 0. The lowest BCUT2D eigenvalue weighted by Crippen LogP contribution is -2.17. The summed E-state index contributed by atoms with van der Waals surface area (Å²) in [4.78, 5) is 10.4. The van der Waals surface area contributed by atoms with Gasteiger partial charge in [-0.05, 0) is 42.4 Å². The van der Waals surface area contributed by atoms with Crippen LogP contribution in [0.5, 0.6) is 0 Å². The van der Waals surface area contributed by atoms with Crippen LogP contribution in [0.1, 0.15) is 33.6 Å². The van der Waals surface area contributed by atoms with Gasteiger partial charge in [-0.15, -0.1) is 0 Å². The minimum atomic E-state index is 0.248. The second-order valence-electron chi connectivity index (χ2n) is 4.85. The zero-order valence-electron chi connectivity index (χ0n) is 9.26. The predicted molar refractivity (Wildman–Crippen MR) is 60.1 cm³/mol. The Bertz CT molecular complexity index is 316. The maximum absolute atomic E-state index is 10.4. The first kappa shape index (κ1) is 11.0. The van der Waals surface area contributed by atoms with Gasteiger partial charge in [-0.3, -0.25) is 4.79 Å². The highest BCUT2D eigenvalue weighted by Gasteiger charge is 2.25. The molecule has 1 aliphatic carbocycles. The van der Waals surface area contributed by atoms with E-state index in [9.17, 15) is 4.79 Å². The SMILES string of the molecule is C=C(C)C1=C/C(=C/C=O)CC(C)(C)C1. The highest BCUT2D eigenvalue weighted by atomic mass is 16.1. The van der Waals surface area contributed by atoms with Gasteiger partial charge in [0, 0.05) is 0 Å². The second kappa shape index (κ2) is 3.95. The van der Waals surface area contributed by atoms with Crippen LogP contribution in [0.15, 0.2) is 35.5 Å². The quantitative estimate of drug-likeness (QED) is 0.481. The number of carbonyl (C=O) groups excluding carboxylic acids is 1. The molecule has 1 nitrogen and oxygen atoms in total. The summed E-state index contributed by atoms with van der Waals surface area (Å²) in [5.41, 5.74) is 3.75. The van der Waals surface area contributed by atoms with Crippen molar-refractivity contribution in [1.29, 1.82) is 0 Å². The number of rotatable bonds is 2. The van der Waals surface area contributed by atoms with Gasteiger partial charge in [-0.2, -0.15) is 0 Å². The fourth-order valence-electron chi connectivity index (χ4n) is 1.93. The first-order valence-corrected chi connectivity index (χ1v) is 4.95. The third-order valence-electron chi connectivity index (χ3n) is 2.54. The normalized spacial score (nSPS) is 23.1. The van der Waals surface area contributed by atoms with E-state index in [0.717, 1.165) is 30.3 Å². The molecule has 0 unspecified atom stereocenters. The van der Waals surface area contributed by atoms with E-state index >= 15 is 0 Å². The Kier molecular flexibility index (Phi) is 3.10. The van der Waals surface area contributed by atoms with Crippen LogP contribution in [0.25, 0.3) is 0 Å². The van der Waals surface area contributed by atoms with Crippen LogP contribution in [0.3, 0.4) is 0 Å². The molecule has 1 heteroatoms. The van der Waals surface area contributed by atoms with E-state index in [1.807, 2.05) is 6.92 Å². The van der Waals surface area contributed by atoms with E-state index in [1.54, 1.807) is 6.08 Å². The van der Waals surface area contributed by atoms with Crippen LogP contribution in [-0.4, -0.2) is 6.29 Å². The molecule has 0 fully saturated rings. The van der Waals surface area contributed by atoms with Crippen molar-refractivity contribution in [1.82, 2.24) is 0 Å². The molecule has 14 heavy (non-hydrogen) atoms. The molecule has 0 atom stereocenters. The van der Waals surface area contributed by atoms with Crippen molar-refractivity contribution in [3.05, 3.63) is 35.5 Å². The monoisotopic (exact) mass is 190 g/mol. The molecule has 0 aromatic carbocycles. The van der Waals surface area contributed by atoms with Crippen molar-refractivity contribution in [2.24, 2.45) is 5.41 Å². The summed E-state index contributed by atoms with van der Waals surface area (Å²) in [6.45, 7) is 10.4.